The summed E-state index contributed by atoms with van der Waals surface area (Å²) in [5.74, 6) is -0.347. The first-order valence-corrected chi connectivity index (χ1v) is 5.11. The molecule has 0 saturated carbocycles. The highest BCUT2D eigenvalue weighted by atomic mass is 19.1. The lowest BCUT2D eigenvalue weighted by Gasteiger charge is -2.28. The molecule has 0 aromatic heterocycles. The molecule has 0 aromatic rings. The molecule has 2 aliphatic rings. The maximum atomic E-state index is 13.0. The van der Waals surface area contributed by atoms with Crippen molar-refractivity contribution in [2.75, 3.05) is 6.61 Å². The number of alkyl halides is 1. The minimum Gasteiger partial charge on any atom is -0.393 e. The molecule has 7 nitrogen and oxygen atoms in total. The summed E-state index contributed by atoms with van der Waals surface area (Å²) in [4.78, 5) is 23.5. The molecule has 2 aliphatic heterocycles. The summed E-state index contributed by atoms with van der Waals surface area (Å²) in [6.07, 6.45) is -0.0940. The summed E-state index contributed by atoms with van der Waals surface area (Å²) < 4.78 is 13.0. The van der Waals surface area contributed by atoms with Crippen LogP contribution in [0.4, 0.5) is 4.39 Å². The minimum absolute atomic E-state index is 0.00426. The van der Waals surface area contributed by atoms with Crippen molar-refractivity contribution in [3.8, 4) is 0 Å². The molecule has 4 N–H and O–H groups in total. The second kappa shape index (κ2) is 4.21. The Bertz CT molecular complexity index is 433. The number of nitrogens with two attached hydrogens (primary N) is 1. The summed E-state index contributed by atoms with van der Waals surface area (Å²) >= 11 is 0. The normalized spacial score (nSPS) is 28.2. The maximum absolute atomic E-state index is 13.0. The van der Waals surface area contributed by atoms with Gasteiger partial charge in [-0.3, -0.25) is 10.1 Å². The van der Waals surface area contributed by atoms with Gasteiger partial charge < -0.3 is 10.8 Å². The predicted octanol–water partition coefficient (Wildman–Crippen LogP) is -1.28. The van der Waals surface area contributed by atoms with Crippen molar-refractivity contribution < 1.29 is 14.3 Å². The molecule has 1 amide bonds. The number of amides is 1. The van der Waals surface area contributed by atoms with Gasteiger partial charge in [0, 0.05) is 0 Å². The minimum atomic E-state index is -1.39. The van der Waals surface area contributed by atoms with E-state index in [-0.39, 0.29) is 24.6 Å². The van der Waals surface area contributed by atoms with Gasteiger partial charge in [-0.15, -0.1) is 0 Å². The standard InChI is InChI=1S/C9H12FN5O2/c10-5(3-16)1-2-9-6(12-4-13-9)14-8(11)15-7(9)17/h4-5,16H,1-3H2,(H3,11,12,13,14,15,17). The van der Waals surface area contributed by atoms with Crippen LogP contribution in [0.1, 0.15) is 12.8 Å². The van der Waals surface area contributed by atoms with Crippen LogP contribution in [0.25, 0.3) is 0 Å². The molecule has 17 heavy (non-hydrogen) atoms. The van der Waals surface area contributed by atoms with Gasteiger partial charge in [0.15, 0.2) is 5.84 Å². The van der Waals surface area contributed by atoms with E-state index >= 15 is 0 Å². The Morgan fingerprint density at radius 1 is 1.65 bits per heavy atom. The van der Waals surface area contributed by atoms with Crippen LogP contribution in [0.15, 0.2) is 15.0 Å². The Labute approximate surface area is 96.3 Å². The number of halogens is 1. The van der Waals surface area contributed by atoms with E-state index in [1.165, 1.54) is 6.34 Å². The van der Waals surface area contributed by atoms with Crippen LogP contribution >= 0.6 is 0 Å². The number of guanidine groups is 1. The molecule has 0 spiro atoms. The summed E-state index contributed by atoms with van der Waals surface area (Å²) in [5, 5.41) is 11.0. The topological polar surface area (TPSA) is 112 Å². The molecule has 2 unspecified atom stereocenters. The third-order valence-corrected chi connectivity index (χ3v) is 2.69. The average Bonchev–Trinajstić information content (AvgIpc) is 2.70. The zero-order chi connectivity index (χ0) is 12.5. The number of aliphatic imine (C=N–C) groups is 3. The summed E-state index contributed by atoms with van der Waals surface area (Å²) in [5.41, 5.74) is 4.10. The van der Waals surface area contributed by atoms with E-state index in [1.807, 2.05) is 0 Å². The number of nitrogens with one attached hydrogen (secondary N) is 1. The molecule has 2 rings (SSSR count). The van der Waals surface area contributed by atoms with Crippen molar-refractivity contribution in [2.45, 2.75) is 24.6 Å². The Morgan fingerprint density at radius 3 is 3.12 bits per heavy atom. The molecule has 0 aliphatic carbocycles. The van der Waals surface area contributed by atoms with Gasteiger partial charge in [-0.2, -0.15) is 4.99 Å². The molecule has 0 aromatic carbocycles. The molecule has 0 saturated heterocycles. The monoisotopic (exact) mass is 241 g/mol. The van der Waals surface area contributed by atoms with Crippen LogP contribution in [-0.2, 0) is 4.79 Å². The SMILES string of the molecule is NC1=NC2=NC=NC2(CCC(F)CO)C(=O)N1. The zero-order valence-electron chi connectivity index (χ0n) is 8.93. The van der Waals surface area contributed by atoms with E-state index in [2.05, 4.69) is 20.3 Å². The molecule has 2 atom stereocenters. The van der Waals surface area contributed by atoms with Gasteiger partial charge in [0.25, 0.3) is 5.91 Å². The predicted molar refractivity (Wildman–Crippen MR) is 59.6 cm³/mol. The van der Waals surface area contributed by atoms with Crippen molar-refractivity contribution in [3.63, 3.8) is 0 Å². The first kappa shape index (κ1) is 11.6. The Kier molecular flexibility index (Phi) is 2.88. The Balaban J connectivity index is 2.20. The van der Waals surface area contributed by atoms with Gasteiger partial charge in [-0.05, 0) is 12.8 Å². The van der Waals surface area contributed by atoms with Crippen LogP contribution in [-0.4, -0.2) is 47.5 Å². The lowest BCUT2D eigenvalue weighted by atomic mass is 9.90. The number of amidine groups is 1. The van der Waals surface area contributed by atoms with Gasteiger partial charge in [-0.25, -0.2) is 14.4 Å². The van der Waals surface area contributed by atoms with Gasteiger partial charge >= 0.3 is 0 Å². The van der Waals surface area contributed by atoms with Crippen LogP contribution in [0.3, 0.4) is 0 Å². The van der Waals surface area contributed by atoms with Crippen LogP contribution in [0.5, 0.6) is 0 Å². The van der Waals surface area contributed by atoms with Crippen molar-refractivity contribution >= 4 is 24.0 Å². The number of rotatable bonds is 4. The van der Waals surface area contributed by atoms with E-state index in [9.17, 15) is 9.18 Å². The summed E-state index contributed by atoms with van der Waals surface area (Å²) in [7, 11) is 0. The van der Waals surface area contributed by atoms with E-state index in [4.69, 9.17) is 10.8 Å². The van der Waals surface area contributed by atoms with Crippen molar-refractivity contribution in [1.29, 1.82) is 0 Å². The smallest absolute Gasteiger partial charge is 0.262 e. The largest absolute Gasteiger partial charge is 0.393 e. The highest BCUT2D eigenvalue weighted by Crippen LogP contribution is 2.28. The molecule has 0 bridgehead atoms. The zero-order valence-corrected chi connectivity index (χ0v) is 8.93. The maximum Gasteiger partial charge on any atom is 0.262 e. The summed E-state index contributed by atoms with van der Waals surface area (Å²) in [6, 6.07) is 0. The molecule has 92 valence electrons. The molecule has 8 heteroatoms. The fraction of sp³-hybridized carbons (Fsp3) is 0.556. The Morgan fingerprint density at radius 2 is 2.41 bits per heavy atom. The van der Waals surface area contributed by atoms with Crippen molar-refractivity contribution in [3.05, 3.63) is 0 Å². The number of aliphatic hydroxyl groups is 1. The average molecular weight is 241 g/mol. The fourth-order valence-corrected chi connectivity index (χ4v) is 1.74. The highest BCUT2D eigenvalue weighted by Gasteiger charge is 2.48. The second-order valence-electron chi connectivity index (χ2n) is 3.83. The molecule has 0 fully saturated rings. The quantitative estimate of drug-likeness (QED) is 0.569. The van der Waals surface area contributed by atoms with Gasteiger partial charge in [0.2, 0.25) is 11.5 Å². The van der Waals surface area contributed by atoms with E-state index in [0.717, 1.165) is 0 Å². The van der Waals surface area contributed by atoms with Crippen LogP contribution in [0.2, 0.25) is 0 Å². The number of carbonyl (C=O) groups excluding carboxylic acids is 1. The second-order valence-corrected chi connectivity index (χ2v) is 3.83. The molecular formula is C9H12FN5O2. The van der Waals surface area contributed by atoms with E-state index in [0.29, 0.717) is 0 Å². The van der Waals surface area contributed by atoms with Crippen molar-refractivity contribution in [1.82, 2.24) is 5.32 Å². The first-order valence-electron chi connectivity index (χ1n) is 5.11. The van der Waals surface area contributed by atoms with Crippen LogP contribution in [0, 0.1) is 0 Å². The highest BCUT2D eigenvalue weighted by molar-refractivity contribution is 6.26. The number of fused-ring (bicyclic) bond motifs is 1. The number of hydrogen-bond donors (Lipinski definition) is 3. The fourth-order valence-electron chi connectivity index (χ4n) is 1.74. The van der Waals surface area contributed by atoms with Gasteiger partial charge in [0.05, 0.1) is 6.61 Å². The third kappa shape index (κ3) is 1.91. The number of aliphatic hydroxyl groups excluding tert-OH is 1. The lowest BCUT2D eigenvalue weighted by Crippen LogP contribution is -2.57. The number of nitrogens with zero attached hydrogens (tertiary/aromatic N) is 3. The number of carbonyl (C=O) groups is 1. The van der Waals surface area contributed by atoms with Crippen molar-refractivity contribution in [2.24, 2.45) is 20.7 Å². The van der Waals surface area contributed by atoms with Gasteiger partial charge in [0.1, 0.15) is 12.5 Å². The number of hydrogen-bond acceptors (Lipinski definition) is 6. The van der Waals surface area contributed by atoms with E-state index < -0.39 is 24.2 Å². The third-order valence-electron chi connectivity index (χ3n) is 2.69. The molecule has 0 radical (unpaired) electrons. The lowest BCUT2D eigenvalue weighted by molar-refractivity contribution is -0.123. The van der Waals surface area contributed by atoms with E-state index in [1.54, 1.807) is 0 Å². The molecule has 2 heterocycles. The van der Waals surface area contributed by atoms with Crippen LogP contribution < -0.4 is 11.1 Å². The first-order chi connectivity index (χ1) is 8.08. The summed E-state index contributed by atoms with van der Waals surface area (Å²) in [6.45, 7) is -0.584. The Hall–Kier alpha value is -1.83. The molecular weight excluding hydrogens is 229 g/mol. The van der Waals surface area contributed by atoms with Gasteiger partial charge in [-0.1, -0.05) is 0 Å².